The number of nitrogens with one attached hydrogen (secondary N) is 1. The summed E-state index contributed by atoms with van der Waals surface area (Å²) >= 11 is 0. The Hall–Kier alpha value is -3.87. The Labute approximate surface area is 167 Å². The summed E-state index contributed by atoms with van der Waals surface area (Å²) in [6.07, 6.45) is 3.25. The van der Waals surface area contributed by atoms with Gasteiger partial charge in [0.05, 0.1) is 12.8 Å². The normalized spacial score (nSPS) is 10.8. The fourth-order valence-corrected chi connectivity index (χ4v) is 3.09. The standard InChI is InChI=1S/C22H20N4O3/c1-29-18-9-5-6-16(12-18)14-23-21(27)15-25-10-11-26-20(22(25)28)13-19(24-26)17-7-3-2-4-8-17/h2-13H,14-15H2,1H3,(H,23,27). The average molecular weight is 388 g/mol. The molecule has 7 nitrogen and oxygen atoms in total. The molecule has 0 atom stereocenters. The quantitative estimate of drug-likeness (QED) is 0.551. The summed E-state index contributed by atoms with van der Waals surface area (Å²) in [6.45, 7) is 0.295. The average Bonchev–Trinajstić information content (AvgIpc) is 3.20. The van der Waals surface area contributed by atoms with Gasteiger partial charge >= 0.3 is 0 Å². The Morgan fingerprint density at radius 3 is 2.69 bits per heavy atom. The number of aromatic nitrogens is 3. The summed E-state index contributed by atoms with van der Waals surface area (Å²) in [5.41, 5.74) is 2.72. The highest BCUT2D eigenvalue weighted by Crippen LogP contribution is 2.17. The lowest BCUT2D eigenvalue weighted by Gasteiger charge is -2.08. The second-order valence-electron chi connectivity index (χ2n) is 6.58. The fraction of sp³-hybridized carbons (Fsp3) is 0.136. The lowest BCUT2D eigenvalue weighted by atomic mass is 10.1. The van der Waals surface area contributed by atoms with Crippen LogP contribution in [-0.4, -0.2) is 27.2 Å². The maximum atomic E-state index is 12.8. The highest BCUT2D eigenvalue weighted by atomic mass is 16.5. The van der Waals surface area contributed by atoms with Gasteiger partial charge in [-0.15, -0.1) is 0 Å². The van der Waals surface area contributed by atoms with Crippen LogP contribution in [0.5, 0.6) is 5.75 Å². The van der Waals surface area contributed by atoms with E-state index in [0.29, 0.717) is 17.8 Å². The number of ether oxygens (including phenoxy) is 1. The van der Waals surface area contributed by atoms with Gasteiger partial charge in [0.15, 0.2) is 0 Å². The Morgan fingerprint density at radius 2 is 1.90 bits per heavy atom. The van der Waals surface area contributed by atoms with Crippen molar-refractivity contribution in [3.63, 3.8) is 0 Å². The third kappa shape index (κ3) is 4.03. The summed E-state index contributed by atoms with van der Waals surface area (Å²) in [4.78, 5) is 25.1. The van der Waals surface area contributed by atoms with E-state index in [4.69, 9.17) is 4.74 Å². The first-order chi connectivity index (χ1) is 14.1. The number of hydrogen-bond acceptors (Lipinski definition) is 4. The zero-order valence-electron chi connectivity index (χ0n) is 15.9. The minimum absolute atomic E-state index is 0.0643. The summed E-state index contributed by atoms with van der Waals surface area (Å²) < 4.78 is 8.10. The molecule has 0 aliphatic rings. The van der Waals surface area contributed by atoms with Crippen LogP contribution in [-0.2, 0) is 17.9 Å². The molecule has 0 fully saturated rings. The van der Waals surface area contributed by atoms with E-state index in [1.165, 1.54) is 9.08 Å². The number of fused-ring (bicyclic) bond motifs is 1. The van der Waals surface area contributed by atoms with Gasteiger partial charge in [0.1, 0.15) is 17.8 Å². The zero-order valence-corrected chi connectivity index (χ0v) is 15.9. The molecule has 1 N–H and O–H groups in total. The van der Waals surface area contributed by atoms with Crippen LogP contribution in [0.3, 0.4) is 0 Å². The van der Waals surface area contributed by atoms with Crippen molar-refractivity contribution < 1.29 is 9.53 Å². The van der Waals surface area contributed by atoms with Gasteiger partial charge in [-0.2, -0.15) is 5.10 Å². The number of hydrogen-bond donors (Lipinski definition) is 1. The van der Waals surface area contributed by atoms with Crippen LogP contribution in [0, 0.1) is 0 Å². The highest BCUT2D eigenvalue weighted by molar-refractivity contribution is 5.76. The third-order valence-corrected chi connectivity index (χ3v) is 4.61. The summed E-state index contributed by atoms with van der Waals surface area (Å²) in [7, 11) is 1.60. The molecule has 0 saturated heterocycles. The predicted molar refractivity (Wildman–Crippen MR) is 110 cm³/mol. The van der Waals surface area contributed by atoms with E-state index in [2.05, 4.69) is 10.4 Å². The van der Waals surface area contributed by atoms with Crippen molar-refractivity contribution >= 4 is 11.4 Å². The topological polar surface area (TPSA) is 77.6 Å². The first kappa shape index (κ1) is 18.5. The molecule has 0 bridgehead atoms. The third-order valence-electron chi connectivity index (χ3n) is 4.61. The first-order valence-corrected chi connectivity index (χ1v) is 9.18. The number of benzene rings is 2. The van der Waals surface area contributed by atoms with Crippen molar-refractivity contribution in [2.45, 2.75) is 13.1 Å². The molecule has 1 amide bonds. The second-order valence-corrected chi connectivity index (χ2v) is 6.58. The smallest absolute Gasteiger partial charge is 0.277 e. The van der Waals surface area contributed by atoms with Crippen LogP contribution >= 0.6 is 0 Å². The second kappa shape index (κ2) is 8.02. The molecule has 0 spiro atoms. The molecular weight excluding hydrogens is 368 g/mol. The van der Waals surface area contributed by atoms with Gasteiger partial charge in [0.25, 0.3) is 5.56 Å². The first-order valence-electron chi connectivity index (χ1n) is 9.18. The van der Waals surface area contributed by atoms with Gasteiger partial charge in [-0.1, -0.05) is 42.5 Å². The van der Waals surface area contributed by atoms with Gasteiger partial charge in [-0.05, 0) is 23.8 Å². The van der Waals surface area contributed by atoms with Crippen LogP contribution in [0.4, 0.5) is 0 Å². The van der Waals surface area contributed by atoms with Crippen LogP contribution in [0.15, 0.2) is 77.9 Å². The maximum Gasteiger partial charge on any atom is 0.277 e. The molecule has 0 saturated carbocycles. The monoisotopic (exact) mass is 388 g/mol. The highest BCUT2D eigenvalue weighted by Gasteiger charge is 2.11. The molecule has 7 heteroatoms. The van der Waals surface area contributed by atoms with Crippen LogP contribution < -0.4 is 15.6 Å². The maximum absolute atomic E-state index is 12.8. The Kier molecular flexibility index (Phi) is 5.11. The van der Waals surface area contributed by atoms with Crippen molar-refractivity contribution in [2.24, 2.45) is 0 Å². The van der Waals surface area contributed by atoms with E-state index >= 15 is 0 Å². The number of amides is 1. The van der Waals surface area contributed by atoms with Gasteiger partial charge < -0.3 is 14.6 Å². The van der Waals surface area contributed by atoms with Crippen LogP contribution in [0.25, 0.3) is 16.8 Å². The van der Waals surface area contributed by atoms with E-state index < -0.39 is 0 Å². The summed E-state index contributed by atoms with van der Waals surface area (Å²) in [6, 6.07) is 18.8. The molecule has 146 valence electrons. The van der Waals surface area contributed by atoms with Crippen molar-refractivity contribution in [1.29, 1.82) is 0 Å². The van der Waals surface area contributed by atoms with Gasteiger partial charge in [-0.25, -0.2) is 4.52 Å². The van der Waals surface area contributed by atoms with Crippen molar-refractivity contribution in [3.8, 4) is 17.0 Å². The number of rotatable bonds is 6. The van der Waals surface area contributed by atoms with Gasteiger partial charge in [-0.3, -0.25) is 9.59 Å². The summed E-state index contributed by atoms with van der Waals surface area (Å²) in [5, 5.41) is 7.28. The van der Waals surface area contributed by atoms with Gasteiger partial charge in [0, 0.05) is 24.5 Å². The molecule has 0 radical (unpaired) electrons. The van der Waals surface area contributed by atoms with E-state index in [1.807, 2.05) is 54.6 Å². The van der Waals surface area contributed by atoms with Crippen LogP contribution in [0.2, 0.25) is 0 Å². The Balaban J connectivity index is 1.49. The summed E-state index contributed by atoms with van der Waals surface area (Å²) in [5.74, 6) is 0.482. The van der Waals surface area contributed by atoms with E-state index in [0.717, 1.165) is 16.9 Å². The number of methoxy groups -OCH3 is 1. The van der Waals surface area contributed by atoms with E-state index in [9.17, 15) is 9.59 Å². The Bertz CT molecular complexity index is 1210. The lowest BCUT2D eigenvalue weighted by Crippen LogP contribution is -2.32. The molecule has 29 heavy (non-hydrogen) atoms. The molecular formula is C22H20N4O3. The minimum atomic E-state index is -0.265. The molecule has 4 aromatic rings. The zero-order chi connectivity index (χ0) is 20.2. The predicted octanol–water partition coefficient (Wildman–Crippen LogP) is 2.49. The van der Waals surface area contributed by atoms with E-state index in [-0.39, 0.29) is 18.0 Å². The number of nitrogens with zero attached hydrogens (tertiary/aromatic N) is 3. The minimum Gasteiger partial charge on any atom is -0.497 e. The SMILES string of the molecule is COc1cccc(CNC(=O)Cn2ccn3nc(-c4ccccc4)cc3c2=O)c1. The van der Waals surface area contributed by atoms with Gasteiger partial charge in [0.2, 0.25) is 5.91 Å². The molecule has 0 unspecified atom stereocenters. The largest absolute Gasteiger partial charge is 0.497 e. The van der Waals surface area contributed by atoms with Crippen molar-refractivity contribution in [2.75, 3.05) is 7.11 Å². The molecule has 4 rings (SSSR count). The molecule has 2 aromatic heterocycles. The lowest BCUT2D eigenvalue weighted by molar-refractivity contribution is -0.121. The molecule has 0 aliphatic carbocycles. The van der Waals surface area contributed by atoms with Crippen molar-refractivity contribution in [1.82, 2.24) is 19.5 Å². The fourth-order valence-electron chi connectivity index (χ4n) is 3.09. The number of carbonyl (C=O) groups is 1. The Morgan fingerprint density at radius 1 is 1.07 bits per heavy atom. The number of carbonyl (C=O) groups excluding carboxylic acids is 1. The molecule has 2 aromatic carbocycles. The van der Waals surface area contributed by atoms with E-state index in [1.54, 1.807) is 25.6 Å². The van der Waals surface area contributed by atoms with Crippen LogP contribution in [0.1, 0.15) is 5.56 Å². The van der Waals surface area contributed by atoms with Crippen molar-refractivity contribution in [3.05, 3.63) is 89.0 Å². The molecule has 0 aliphatic heterocycles. The molecule has 2 heterocycles.